The second-order valence-electron chi connectivity index (χ2n) is 12.5. The Labute approximate surface area is 225 Å². The molecule has 3 aliphatic heterocycles. The van der Waals surface area contributed by atoms with Gasteiger partial charge < -0.3 is 20.3 Å². The summed E-state index contributed by atoms with van der Waals surface area (Å²) >= 11 is 0. The molecule has 7 nitrogen and oxygen atoms in total. The zero-order valence-electron chi connectivity index (χ0n) is 22.8. The smallest absolute Gasteiger partial charge is 0.246 e. The minimum Gasteiger partial charge on any atom is -0.359 e. The van der Waals surface area contributed by atoms with Gasteiger partial charge in [-0.15, -0.1) is 0 Å². The van der Waals surface area contributed by atoms with Crippen LogP contribution in [0.5, 0.6) is 0 Å². The molecule has 8 atom stereocenters. The van der Waals surface area contributed by atoms with Crippen LogP contribution in [0.1, 0.15) is 70.8 Å². The van der Waals surface area contributed by atoms with Gasteiger partial charge in [-0.2, -0.15) is 0 Å². The molecule has 2 saturated carbocycles. The van der Waals surface area contributed by atoms with E-state index in [1.165, 1.54) is 6.42 Å². The molecule has 38 heavy (non-hydrogen) atoms. The highest BCUT2D eigenvalue weighted by molar-refractivity contribution is 6.03. The number of hydrogen-bond donors (Lipinski definition) is 2. The number of fused-ring (bicyclic) bond motifs is 1. The van der Waals surface area contributed by atoms with Crippen molar-refractivity contribution in [1.82, 2.24) is 10.2 Å². The van der Waals surface area contributed by atoms with Gasteiger partial charge in [-0.1, -0.05) is 70.2 Å². The standard InChI is InChI=1S/C31H41N3O4/c1-18-9-7-11-21(17-18)32-28(35)25-24-15-16-31(38-24)26(25)30(37)34(22-12-5-4-6-13-22)27(31)29(36)33-23-14-8-10-19(2)20(23)3/h7,9,11,15-17,19-20,22-27H,4-6,8,10,12-14H2,1-3H3,(H,32,35)(H,33,36)/t19-,20+,23+,24+,25-,26+,27+,31+/m0/s1. The molecule has 1 spiro atoms. The molecule has 4 fully saturated rings. The molecule has 2 bridgehead atoms. The fourth-order valence-corrected chi connectivity index (χ4v) is 7.95. The number of anilines is 1. The van der Waals surface area contributed by atoms with E-state index in [0.29, 0.717) is 17.5 Å². The third-order valence-corrected chi connectivity index (χ3v) is 10.2. The summed E-state index contributed by atoms with van der Waals surface area (Å²) in [7, 11) is 0. The van der Waals surface area contributed by atoms with Crippen molar-refractivity contribution in [3.8, 4) is 0 Å². The molecule has 204 valence electrons. The molecule has 5 aliphatic rings. The van der Waals surface area contributed by atoms with Crippen LogP contribution in [0.2, 0.25) is 0 Å². The van der Waals surface area contributed by atoms with Gasteiger partial charge in [-0.05, 0) is 55.7 Å². The highest BCUT2D eigenvalue weighted by Gasteiger charge is 2.73. The second kappa shape index (κ2) is 9.82. The van der Waals surface area contributed by atoms with E-state index >= 15 is 0 Å². The molecule has 3 amide bonds. The Morgan fingerprint density at radius 3 is 2.58 bits per heavy atom. The summed E-state index contributed by atoms with van der Waals surface area (Å²) in [6.45, 7) is 6.46. The predicted molar refractivity (Wildman–Crippen MR) is 145 cm³/mol. The van der Waals surface area contributed by atoms with Crippen LogP contribution in [0, 0.1) is 30.6 Å². The van der Waals surface area contributed by atoms with Crippen molar-refractivity contribution in [2.45, 2.75) is 102 Å². The van der Waals surface area contributed by atoms with E-state index in [4.69, 9.17) is 4.74 Å². The second-order valence-corrected chi connectivity index (χ2v) is 12.5. The lowest BCUT2D eigenvalue weighted by atomic mass is 9.73. The predicted octanol–water partition coefficient (Wildman–Crippen LogP) is 4.36. The van der Waals surface area contributed by atoms with Crippen molar-refractivity contribution in [2.24, 2.45) is 23.7 Å². The summed E-state index contributed by atoms with van der Waals surface area (Å²) in [5.41, 5.74) is 0.661. The maximum atomic E-state index is 14.3. The van der Waals surface area contributed by atoms with Gasteiger partial charge >= 0.3 is 0 Å². The molecule has 1 aromatic rings. The van der Waals surface area contributed by atoms with Crippen LogP contribution in [-0.2, 0) is 19.1 Å². The van der Waals surface area contributed by atoms with Crippen LogP contribution >= 0.6 is 0 Å². The van der Waals surface area contributed by atoms with E-state index in [2.05, 4.69) is 24.5 Å². The largest absolute Gasteiger partial charge is 0.359 e. The monoisotopic (exact) mass is 519 g/mol. The number of rotatable bonds is 5. The zero-order chi connectivity index (χ0) is 26.6. The average molecular weight is 520 g/mol. The molecule has 2 N–H and O–H groups in total. The van der Waals surface area contributed by atoms with Crippen molar-refractivity contribution in [2.75, 3.05) is 5.32 Å². The van der Waals surface area contributed by atoms with Gasteiger partial charge in [0.1, 0.15) is 11.6 Å². The number of nitrogens with one attached hydrogen (secondary N) is 2. The molecule has 7 heteroatoms. The van der Waals surface area contributed by atoms with Crippen molar-refractivity contribution in [3.63, 3.8) is 0 Å². The molecule has 6 rings (SSSR count). The van der Waals surface area contributed by atoms with Gasteiger partial charge in [-0.3, -0.25) is 14.4 Å². The quantitative estimate of drug-likeness (QED) is 0.566. The minimum absolute atomic E-state index is 0.00575. The van der Waals surface area contributed by atoms with Crippen LogP contribution in [0.4, 0.5) is 5.69 Å². The number of carbonyl (C=O) groups excluding carboxylic acids is 3. The Morgan fingerprint density at radius 1 is 1.03 bits per heavy atom. The lowest BCUT2D eigenvalue weighted by Crippen LogP contribution is -2.59. The topological polar surface area (TPSA) is 87.7 Å². The van der Waals surface area contributed by atoms with Gasteiger partial charge in [0, 0.05) is 17.8 Å². The SMILES string of the molecule is Cc1cccc(NC(=O)[C@H]2[C@H]3C=C[C@@]4(O3)[C@H]2C(=O)N(C2CCCCC2)[C@@H]4C(=O)N[C@@H]2CCC[C@H](C)[C@H]2C)c1. The van der Waals surface area contributed by atoms with Crippen molar-refractivity contribution < 1.29 is 19.1 Å². The molecule has 0 unspecified atom stereocenters. The maximum Gasteiger partial charge on any atom is 0.246 e. The third kappa shape index (κ3) is 4.09. The average Bonchev–Trinajstić information content (AvgIpc) is 3.54. The number of benzene rings is 1. The van der Waals surface area contributed by atoms with Gasteiger partial charge in [0.05, 0.1) is 17.9 Å². The van der Waals surface area contributed by atoms with Crippen molar-refractivity contribution in [1.29, 1.82) is 0 Å². The van der Waals surface area contributed by atoms with E-state index in [1.807, 2.05) is 48.2 Å². The molecule has 1 aromatic carbocycles. The summed E-state index contributed by atoms with van der Waals surface area (Å²) in [4.78, 5) is 43.9. The van der Waals surface area contributed by atoms with Crippen LogP contribution in [0.3, 0.4) is 0 Å². The Balaban J connectivity index is 1.32. The van der Waals surface area contributed by atoms with Gasteiger partial charge in [0.25, 0.3) is 0 Å². The summed E-state index contributed by atoms with van der Waals surface area (Å²) in [6.07, 6.45) is 11.6. The number of aryl methyl sites for hydroxylation is 1. The molecular formula is C31H41N3O4. The van der Waals surface area contributed by atoms with Crippen molar-refractivity contribution >= 4 is 23.4 Å². The normalized spacial score (nSPS) is 38.3. The van der Waals surface area contributed by atoms with Gasteiger partial charge in [0.2, 0.25) is 17.7 Å². The molecule has 0 aromatic heterocycles. The van der Waals surface area contributed by atoms with E-state index in [1.54, 1.807) is 0 Å². The molecule has 0 radical (unpaired) electrons. The molecular weight excluding hydrogens is 478 g/mol. The zero-order valence-corrected chi connectivity index (χ0v) is 22.8. The highest BCUT2D eigenvalue weighted by atomic mass is 16.5. The maximum absolute atomic E-state index is 14.3. The fraction of sp³-hybridized carbons (Fsp3) is 0.645. The first-order valence-electron chi connectivity index (χ1n) is 14.7. The molecule has 2 aliphatic carbocycles. The Hall–Kier alpha value is -2.67. The number of nitrogens with zero attached hydrogens (tertiary/aromatic N) is 1. The van der Waals surface area contributed by atoms with E-state index < -0.39 is 29.6 Å². The number of hydrogen-bond acceptors (Lipinski definition) is 4. The third-order valence-electron chi connectivity index (χ3n) is 10.2. The van der Waals surface area contributed by atoms with E-state index in [0.717, 1.165) is 50.5 Å². The Bertz CT molecular complexity index is 1140. The Morgan fingerprint density at radius 2 is 1.82 bits per heavy atom. The van der Waals surface area contributed by atoms with Gasteiger partial charge in [-0.25, -0.2) is 0 Å². The number of carbonyl (C=O) groups is 3. The van der Waals surface area contributed by atoms with Crippen LogP contribution in [0.15, 0.2) is 36.4 Å². The Kier molecular flexibility index (Phi) is 6.61. The van der Waals surface area contributed by atoms with E-state index in [9.17, 15) is 14.4 Å². The first-order valence-corrected chi connectivity index (χ1v) is 14.7. The lowest BCUT2D eigenvalue weighted by molar-refractivity contribution is -0.145. The lowest BCUT2D eigenvalue weighted by Gasteiger charge is -2.40. The summed E-state index contributed by atoms with van der Waals surface area (Å²) in [5.74, 6) is -0.864. The van der Waals surface area contributed by atoms with Crippen molar-refractivity contribution in [3.05, 3.63) is 42.0 Å². The number of ether oxygens (including phenoxy) is 1. The van der Waals surface area contributed by atoms with E-state index in [-0.39, 0.29) is 29.8 Å². The minimum atomic E-state index is -1.10. The van der Waals surface area contributed by atoms with Crippen LogP contribution in [-0.4, -0.2) is 52.5 Å². The fourth-order valence-electron chi connectivity index (χ4n) is 7.95. The molecule has 3 heterocycles. The van der Waals surface area contributed by atoms with Gasteiger partial charge in [0.15, 0.2) is 0 Å². The van der Waals surface area contributed by atoms with Crippen LogP contribution < -0.4 is 10.6 Å². The van der Waals surface area contributed by atoms with Crippen LogP contribution in [0.25, 0.3) is 0 Å². The first kappa shape index (κ1) is 25.6. The number of amides is 3. The summed E-state index contributed by atoms with van der Waals surface area (Å²) in [6, 6.07) is 7.02. The summed E-state index contributed by atoms with van der Waals surface area (Å²) in [5, 5.41) is 6.39. The summed E-state index contributed by atoms with van der Waals surface area (Å²) < 4.78 is 6.55. The number of likely N-dealkylation sites (tertiary alicyclic amines) is 1. The first-order chi connectivity index (χ1) is 18.3. The highest BCUT2D eigenvalue weighted by Crippen LogP contribution is 2.56. The molecule has 2 saturated heterocycles.